The number of hydrogen-bond donors (Lipinski definition) is 6. The third-order valence-electron chi connectivity index (χ3n) is 8.15. The molecule has 3 saturated heterocycles. The van der Waals surface area contributed by atoms with E-state index in [0.29, 0.717) is 24.9 Å². The van der Waals surface area contributed by atoms with Gasteiger partial charge in [0.2, 0.25) is 5.91 Å². The Bertz CT molecular complexity index is 861. The number of thioether (sulfide) groups is 1. The molecule has 4 heterocycles. The number of aliphatic hydroxyl groups is 4. The SMILES string of the molecule is CC(C)C[C@@H]1CCO[C@H]2C(C(=O)N[C@@H]3C/C=C\C[C@@H](CO)S[C@H]4O[C@H]3[C@H](O)[C@H](O)[C@H]4O)N(C(=O)O)C[C@@H]2C1. The lowest BCUT2D eigenvalue weighted by molar-refractivity contribution is -0.205. The molecule has 6 N–H and O–H groups in total. The van der Waals surface area contributed by atoms with Crippen LogP contribution in [0.15, 0.2) is 12.2 Å². The summed E-state index contributed by atoms with van der Waals surface area (Å²) < 4.78 is 12.1. The van der Waals surface area contributed by atoms with Crippen LogP contribution in [0.25, 0.3) is 0 Å². The van der Waals surface area contributed by atoms with Crippen molar-refractivity contribution in [1.82, 2.24) is 10.2 Å². The molecule has 12 heteroatoms. The lowest BCUT2D eigenvalue weighted by Crippen LogP contribution is -2.64. The molecule has 2 amide bonds. The second kappa shape index (κ2) is 12.8. The smallest absolute Gasteiger partial charge is 0.408 e. The van der Waals surface area contributed by atoms with E-state index in [9.17, 15) is 35.1 Å². The Labute approximate surface area is 227 Å². The predicted octanol–water partition coefficient (Wildman–Crippen LogP) is 0.543. The van der Waals surface area contributed by atoms with Gasteiger partial charge in [0, 0.05) is 24.3 Å². The number of fused-ring (bicyclic) bond motifs is 3. The Hall–Kier alpha value is -1.41. The number of carboxylic acid groups (broad SMARTS) is 1. The molecule has 3 fully saturated rings. The van der Waals surface area contributed by atoms with Gasteiger partial charge < -0.3 is 40.3 Å². The lowest BCUT2D eigenvalue weighted by atomic mass is 9.85. The van der Waals surface area contributed by atoms with Gasteiger partial charge in [-0.25, -0.2) is 4.79 Å². The molecule has 0 aliphatic carbocycles. The van der Waals surface area contributed by atoms with Gasteiger partial charge in [0.1, 0.15) is 35.9 Å². The third kappa shape index (κ3) is 6.48. The number of hydrogen-bond acceptors (Lipinski definition) is 9. The number of allylic oxidation sites excluding steroid dienone is 1. The van der Waals surface area contributed by atoms with Crippen molar-refractivity contribution in [3.8, 4) is 0 Å². The van der Waals surface area contributed by atoms with Gasteiger partial charge in [0.15, 0.2) is 0 Å². The van der Waals surface area contributed by atoms with Crippen LogP contribution >= 0.6 is 11.8 Å². The predicted molar refractivity (Wildman–Crippen MR) is 139 cm³/mol. The molecular formula is C26H42N2O9S. The zero-order chi connectivity index (χ0) is 27.6. The zero-order valence-electron chi connectivity index (χ0n) is 22.0. The molecule has 0 aromatic carbocycles. The molecule has 4 rings (SSSR count). The first kappa shape index (κ1) is 29.6. The van der Waals surface area contributed by atoms with Gasteiger partial charge >= 0.3 is 6.09 Å². The van der Waals surface area contributed by atoms with Crippen LogP contribution in [-0.2, 0) is 14.3 Å². The van der Waals surface area contributed by atoms with Crippen molar-refractivity contribution in [1.29, 1.82) is 0 Å². The fourth-order valence-corrected chi connectivity index (χ4v) is 7.54. The van der Waals surface area contributed by atoms with Crippen molar-refractivity contribution in [2.75, 3.05) is 19.8 Å². The molecule has 0 saturated carbocycles. The molecule has 0 radical (unpaired) electrons. The van der Waals surface area contributed by atoms with E-state index in [4.69, 9.17) is 9.47 Å². The number of likely N-dealkylation sites (tertiary alicyclic amines) is 1. The third-order valence-corrected chi connectivity index (χ3v) is 9.54. The number of carbonyl (C=O) groups is 2. The Morgan fingerprint density at radius 3 is 2.53 bits per heavy atom. The highest BCUT2D eigenvalue weighted by molar-refractivity contribution is 8.00. The van der Waals surface area contributed by atoms with Gasteiger partial charge in [0.25, 0.3) is 0 Å². The van der Waals surface area contributed by atoms with Gasteiger partial charge in [-0.3, -0.25) is 9.69 Å². The topological polar surface area (TPSA) is 169 Å². The van der Waals surface area contributed by atoms with Gasteiger partial charge in [-0.15, -0.1) is 11.8 Å². The van der Waals surface area contributed by atoms with E-state index in [2.05, 4.69) is 19.2 Å². The maximum atomic E-state index is 13.7. The summed E-state index contributed by atoms with van der Waals surface area (Å²) in [6.07, 6.45) is -0.0929. The van der Waals surface area contributed by atoms with Crippen molar-refractivity contribution in [2.24, 2.45) is 17.8 Å². The minimum absolute atomic E-state index is 0.0956. The summed E-state index contributed by atoms with van der Waals surface area (Å²) in [7, 11) is 0. The number of nitrogens with one attached hydrogen (secondary N) is 1. The van der Waals surface area contributed by atoms with Gasteiger partial charge in [-0.2, -0.15) is 0 Å². The van der Waals surface area contributed by atoms with Crippen LogP contribution in [0.1, 0.15) is 46.0 Å². The number of aliphatic hydroxyl groups excluding tert-OH is 4. The van der Waals surface area contributed by atoms with Crippen LogP contribution in [0.4, 0.5) is 4.79 Å². The second-order valence-electron chi connectivity index (χ2n) is 11.4. The molecule has 38 heavy (non-hydrogen) atoms. The minimum Gasteiger partial charge on any atom is -0.465 e. The van der Waals surface area contributed by atoms with Crippen LogP contribution < -0.4 is 5.32 Å². The van der Waals surface area contributed by atoms with E-state index in [1.54, 1.807) is 0 Å². The number of ether oxygens (including phenoxy) is 2. The number of rotatable bonds is 5. The highest BCUT2D eigenvalue weighted by atomic mass is 32.2. The standard InChI is InChI=1S/C26H42N2O9S/c1-13(2)9-14-7-8-36-22-15(10-14)11-28(26(34)35)18(22)24(33)27-17-6-4-3-5-16(12-29)38-25-21(32)19(30)20(31)23(17)37-25/h3-4,13-23,25,29-32H,5-12H2,1-2H3,(H,27,33)(H,34,35)/b4-3-/t14-,15-,16-,17+,18?,19-,20+,21+,22+,23+,25+/m0/s1. The van der Waals surface area contributed by atoms with Gasteiger partial charge in [-0.1, -0.05) is 26.0 Å². The van der Waals surface area contributed by atoms with Crippen LogP contribution in [0.2, 0.25) is 0 Å². The van der Waals surface area contributed by atoms with E-state index >= 15 is 0 Å². The maximum Gasteiger partial charge on any atom is 0.408 e. The van der Waals surface area contributed by atoms with E-state index in [-0.39, 0.29) is 30.7 Å². The fourth-order valence-electron chi connectivity index (χ4n) is 6.34. The van der Waals surface area contributed by atoms with Crippen molar-refractivity contribution in [3.63, 3.8) is 0 Å². The van der Waals surface area contributed by atoms with Crippen LogP contribution in [0.3, 0.4) is 0 Å². The minimum atomic E-state index is -1.51. The van der Waals surface area contributed by atoms with Crippen LogP contribution in [-0.4, -0.2) is 115 Å². The zero-order valence-corrected chi connectivity index (χ0v) is 22.8. The summed E-state index contributed by atoms with van der Waals surface area (Å²) in [5.41, 5.74) is -0.920. The average molecular weight is 559 g/mol. The van der Waals surface area contributed by atoms with Crippen LogP contribution in [0.5, 0.6) is 0 Å². The first-order chi connectivity index (χ1) is 18.1. The van der Waals surface area contributed by atoms with Gasteiger partial charge in [0.05, 0.1) is 18.8 Å². The Balaban J connectivity index is 1.55. The monoisotopic (exact) mass is 558 g/mol. The molecule has 1 unspecified atom stereocenters. The average Bonchev–Trinajstić information content (AvgIpc) is 3.12. The Kier molecular flexibility index (Phi) is 9.99. The van der Waals surface area contributed by atoms with Crippen molar-refractivity contribution in [2.45, 2.75) is 99.2 Å². The largest absolute Gasteiger partial charge is 0.465 e. The normalized spacial score (nSPS) is 42.7. The van der Waals surface area contributed by atoms with Crippen molar-refractivity contribution in [3.05, 3.63) is 12.2 Å². The first-order valence-electron chi connectivity index (χ1n) is 13.6. The lowest BCUT2D eigenvalue weighted by Gasteiger charge is -2.44. The molecule has 0 spiro atoms. The fraction of sp³-hybridized carbons (Fsp3) is 0.846. The van der Waals surface area contributed by atoms with E-state index in [1.165, 1.54) is 11.8 Å². The van der Waals surface area contributed by atoms with E-state index in [1.807, 2.05) is 12.2 Å². The van der Waals surface area contributed by atoms with E-state index < -0.39 is 60.0 Å². The second-order valence-corrected chi connectivity index (χ2v) is 12.8. The molecule has 4 aliphatic rings. The maximum absolute atomic E-state index is 13.7. The van der Waals surface area contributed by atoms with Crippen LogP contribution in [0, 0.1) is 17.8 Å². The number of nitrogens with zero attached hydrogens (tertiary/aromatic N) is 1. The molecule has 216 valence electrons. The summed E-state index contributed by atoms with van der Waals surface area (Å²) in [6.45, 7) is 4.85. The summed E-state index contributed by atoms with van der Waals surface area (Å²) in [6, 6.07) is -1.84. The summed E-state index contributed by atoms with van der Waals surface area (Å²) in [4.78, 5) is 27.0. The number of carbonyl (C=O) groups excluding carboxylic acids is 1. The Morgan fingerprint density at radius 1 is 1.11 bits per heavy atom. The summed E-state index contributed by atoms with van der Waals surface area (Å²) >= 11 is 1.17. The van der Waals surface area contributed by atoms with Crippen molar-refractivity contribution >= 4 is 23.8 Å². The first-order valence-corrected chi connectivity index (χ1v) is 14.6. The molecular weight excluding hydrogens is 516 g/mol. The molecule has 11 atom stereocenters. The molecule has 11 nitrogen and oxygen atoms in total. The quantitative estimate of drug-likeness (QED) is 0.262. The van der Waals surface area contributed by atoms with Crippen molar-refractivity contribution < 1.29 is 44.6 Å². The summed E-state index contributed by atoms with van der Waals surface area (Å²) in [5, 5.41) is 54.1. The number of amides is 2. The van der Waals surface area contributed by atoms with Gasteiger partial charge in [-0.05, 0) is 43.9 Å². The molecule has 0 aromatic heterocycles. The summed E-state index contributed by atoms with van der Waals surface area (Å²) in [5.74, 6) is 0.286. The highest BCUT2D eigenvalue weighted by Crippen LogP contribution is 2.38. The highest BCUT2D eigenvalue weighted by Gasteiger charge is 2.52. The molecule has 0 aromatic rings. The Morgan fingerprint density at radius 2 is 1.84 bits per heavy atom. The molecule has 4 aliphatic heterocycles. The molecule has 2 bridgehead atoms. The van der Waals surface area contributed by atoms with E-state index in [0.717, 1.165) is 24.2 Å².